The maximum absolute atomic E-state index is 12.3. The molecule has 0 bridgehead atoms. The van der Waals surface area contributed by atoms with Gasteiger partial charge in [-0.2, -0.15) is 0 Å². The van der Waals surface area contributed by atoms with Crippen LogP contribution in [0.1, 0.15) is 41.3 Å². The fourth-order valence-electron chi connectivity index (χ4n) is 3.91. The molecule has 0 aromatic heterocycles. The zero-order chi connectivity index (χ0) is 27.3. The maximum Gasteiger partial charge on any atom is 0.335 e. The topological polar surface area (TPSA) is 131 Å². The van der Waals surface area contributed by atoms with Crippen molar-refractivity contribution in [1.29, 1.82) is 0 Å². The second-order valence-electron chi connectivity index (χ2n) is 8.75. The first-order valence-corrected chi connectivity index (χ1v) is 12.1. The number of carboxylic acid groups (broad SMARTS) is 1. The van der Waals surface area contributed by atoms with Gasteiger partial charge in [0, 0.05) is 13.3 Å². The van der Waals surface area contributed by atoms with E-state index in [-0.39, 0.29) is 37.0 Å². The summed E-state index contributed by atoms with van der Waals surface area (Å²) in [7, 11) is 0. The highest BCUT2D eigenvalue weighted by Crippen LogP contribution is 2.24. The second-order valence-corrected chi connectivity index (χ2v) is 8.75. The molecule has 0 heterocycles. The molecule has 0 saturated carbocycles. The van der Waals surface area contributed by atoms with Gasteiger partial charge in [0.1, 0.15) is 12.5 Å². The average Bonchev–Trinajstić information content (AvgIpc) is 2.91. The van der Waals surface area contributed by atoms with E-state index >= 15 is 0 Å². The lowest BCUT2D eigenvalue weighted by atomic mass is 9.93. The summed E-state index contributed by atoms with van der Waals surface area (Å²) in [5.74, 6) is -1.27. The number of hydrogen-bond acceptors (Lipinski definition) is 7. The number of amides is 1. The van der Waals surface area contributed by atoms with Crippen molar-refractivity contribution in [2.75, 3.05) is 13.4 Å². The molecule has 0 fully saturated rings. The van der Waals surface area contributed by atoms with Crippen LogP contribution in [0.3, 0.4) is 0 Å². The van der Waals surface area contributed by atoms with Crippen LogP contribution in [0.2, 0.25) is 0 Å². The van der Waals surface area contributed by atoms with E-state index in [9.17, 15) is 19.5 Å². The number of aliphatic hydroxyl groups is 1. The number of esters is 1. The summed E-state index contributed by atoms with van der Waals surface area (Å²) in [5, 5.41) is 18.4. The number of nitrogens with one attached hydrogen (secondary N) is 1. The molecule has 3 aromatic rings. The molecule has 1 atom stereocenters. The lowest BCUT2D eigenvalue weighted by Crippen LogP contribution is -2.25. The zero-order valence-corrected chi connectivity index (χ0v) is 21.1. The number of rotatable bonds is 14. The fourth-order valence-corrected chi connectivity index (χ4v) is 3.91. The molecule has 0 aliphatic carbocycles. The summed E-state index contributed by atoms with van der Waals surface area (Å²) < 4.78 is 10.2. The van der Waals surface area contributed by atoms with Crippen LogP contribution in [0.15, 0.2) is 72.8 Å². The molecule has 3 N–H and O–H groups in total. The van der Waals surface area contributed by atoms with E-state index in [2.05, 4.69) is 5.48 Å². The SMILES string of the molecule is CC(=O)Oc1ccc(CONC(=O)CCC(COCO)Cc2cccc(-c3cccc(C(=O)O)c3)c2)cc1. The minimum absolute atomic E-state index is 0.0395. The Kier molecular flexibility index (Phi) is 11.0. The highest BCUT2D eigenvalue weighted by molar-refractivity contribution is 5.89. The largest absolute Gasteiger partial charge is 0.478 e. The van der Waals surface area contributed by atoms with Gasteiger partial charge in [0.05, 0.1) is 18.8 Å². The molecule has 38 heavy (non-hydrogen) atoms. The van der Waals surface area contributed by atoms with E-state index in [1.807, 2.05) is 30.3 Å². The minimum atomic E-state index is -0.983. The van der Waals surface area contributed by atoms with Gasteiger partial charge in [0.25, 0.3) is 0 Å². The predicted molar refractivity (Wildman–Crippen MR) is 139 cm³/mol. The molecule has 200 valence electrons. The normalized spacial score (nSPS) is 11.5. The monoisotopic (exact) mass is 521 g/mol. The number of aromatic carboxylic acids is 1. The van der Waals surface area contributed by atoms with Crippen LogP contribution >= 0.6 is 0 Å². The van der Waals surface area contributed by atoms with Gasteiger partial charge < -0.3 is 19.7 Å². The van der Waals surface area contributed by atoms with Crippen molar-refractivity contribution in [3.05, 3.63) is 89.5 Å². The average molecular weight is 522 g/mol. The third-order valence-corrected chi connectivity index (χ3v) is 5.73. The number of carbonyl (C=O) groups excluding carboxylic acids is 2. The van der Waals surface area contributed by atoms with E-state index in [0.29, 0.717) is 18.6 Å². The van der Waals surface area contributed by atoms with Crippen LogP contribution in [-0.2, 0) is 32.2 Å². The number of carbonyl (C=O) groups is 3. The van der Waals surface area contributed by atoms with Gasteiger partial charge in [-0.25, -0.2) is 10.3 Å². The first kappa shape index (κ1) is 28.5. The molecule has 9 heteroatoms. The second kappa shape index (κ2) is 14.6. The van der Waals surface area contributed by atoms with Crippen molar-refractivity contribution in [3.8, 4) is 16.9 Å². The van der Waals surface area contributed by atoms with Crippen LogP contribution in [0.25, 0.3) is 11.1 Å². The molecule has 0 spiro atoms. The summed E-state index contributed by atoms with van der Waals surface area (Å²) in [4.78, 5) is 39.9. The minimum Gasteiger partial charge on any atom is -0.478 e. The van der Waals surface area contributed by atoms with Gasteiger partial charge in [-0.3, -0.25) is 14.4 Å². The Bertz CT molecular complexity index is 1230. The summed E-state index contributed by atoms with van der Waals surface area (Å²) in [6, 6.07) is 21.3. The number of carboxylic acids is 1. The summed E-state index contributed by atoms with van der Waals surface area (Å²) >= 11 is 0. The molecule has 3 rings (SSSR count). The molecule has 0 radical (unpaired) electrons. The van der Waals surface area contributed by atoms with Crippen LogP contribution in [0, 0.1) is 5.92 Å². The third kappa shape index (κ3) is 9.44. The van der Waals surface area contributed by atoms with Gasteiger partial charge in [0.2, 0.25) is 5.91 Å². The summed E-state index contributed by atoms with van der Waals surface area (Å²) in [5.41, 5.74) is 6.14. The van der Waals surface area contributed by atoms with Crippen LogP contribution in [0.4, 0.5) is 0 Å². The van der Waals surface area contributed by atoms with Crippen molar-refractivity contribution in [2.24, 2.45) is 5.92 Å². The van der Waals surface area contributed by atoms with Crippen molar-refractivity contribution in [1.82, 2.24) is 5.48 Å². The number of hydrogen-bond donors (Lipinski definition) is 3. The number of hydroxylamine groups is 1. The molecule has 1 unspecified atom stereocenters. The van der Waals surface area contributed by atoms with Crippen molar-refractivity contribution < 1.29 is 38.9 Å². The zero-order valence-electron chi connectivity index (χ0n) is 21.1. The quantitative estimate of drug-likeness (QED) is 0.125. The highest BCUT2D eigenvalue weighted by Gasteiger charge is 2.14. The molecule has 3 aromatic carbocycles. The Morgan fingerprint density at radius 1 is 0.921 bits per heavy atom. The first-order valence-electron chi connectivity index (χ1n) is 12.1. The van der Waals surface area contributed by atoms with Crippen LogP contribution < -0.4 is 10.2 Å². The Morgan fingerprint density at radius 2 is 1.63 bits per heavy atom. The highest BCUT2D eigenvalue weighted by atomic mass is 16.6. The first-order chi connectivity index (χ1) is 18.3. The van der Waals surface area contributed by atoms with Gasteiger partial charge in [0.15, 0.2) is 0 Å². The predicted octanol–water partition coefficient (Wildman–Crippen LogP) is 4.13. The molecule has 0 aliphatic heterocycles. The van der Waals surface area contributed by atoms with Gasteiger partial charge in [-0.1, -0.05) is 48.5 Å². The number of benzene rings is 3. The Labute approximate surface area is 220 Å². The van der Waals surface area contributed by atoms with Crippen LogP contribution in [-0.4, -0.2) is 41.5 Å². The van der Waals surface area contributed by atoms with E-state index in [1.54, 1.807) is 42.5 Å². The van der Waals surface area contributed by atoms with Gasteiger partial charge >= 0.3 is 11.9 Å². The molecular weight excluding hydrogens is 490 g/mol. The molecule has 1 amide bonds. The Hall–Kier alpha value is -4.05. The molecule has 0 aliphatic rings. The summed E-state index contributed by atoms with van der Waals surface area (Å²) in [6.45, 7) is 1.34. The van der Waals surface area contributed by atoms with Gasteiger partial charge in [-0.05, 0) is 65.3 Å². The summed E-state index contributed by atoms with van der Waals surface area (Å²) in [6.07, 6.45) is 1.31. The van der Waals surface area contributed by atoms with Crippen molar-refractivity contribution >= 4 is 17.8 Å². The number of aliphatic hydroxyl groups excluding tert-OH is 1. The van der Waals surface area contributed by atoms with Crippen LogP contribution in [0.5, 0.6) is 5.75 Å². The number of ether oxygens (including phenoxy) is 2. The van der Waals surface area contributed by atoms with E-state index in [4.69, 9.17) is 19.4 Å². The van der Waals surface area contributed by atoms with E-state index < -0.39 is 18.7 Å². The van der Waals surface area contributed by atoms with E-state index in [1.165, 1.54) is 6.92 Å². The van der Waals surface area contributed by atoms with Crippen molar-refractivity contribution in [3.63, 3.8) is 0 Å². The van der Waals surface area contributed by atoms with Crippen molar-refractivity contribution in [2.45, 2.75) is 32.8 Å². The molecule has 0 saturated heterocycles. The Balaban J connectivity index is 1.52. The maximum atomic E-state index is 12.3. The van der Waals surface area contributed by atoms with E-state index in [0.717, 1.165) is 22.3 Å². The Morgan fingerprint density at radius 3 is 2.32 bits per heavy atom. The standard InChI is InChI=1S/C29H31NO8/c1-20(32)38-27-11-8-21(9-12-27)18-37-30-28(33)13-10-23(17-36-19-31)14-22-4-2-5-24(15-22)25-6-3-7-26(16-25)29(34)35/h2-9,11-12,15-16,23,31H,10,13-14,17-19H2,1H3,(H,30,33)(H,34,35). The van der Waals surface area contributed by atoms with Gasteiger partial charge in [-0.15, -0.1) is 0 Å². The third-order valence-electron chi connectivity index (χ3n) is 5.73. The smallest absolute Gasteiger partial charge is 0.335 e. The lowest BCUT2D eigenvalue weighted by molar-refractivity contribution is -0.135. The molecular formula is C29H31NO8. The molecule has 9 nitrogen and oxygen atoms in total. The lowest BCUT2D eigenvalue weighted by Gasteiger charge is -2.17. The fraction of sp³-hybridized carbons (Fsp3) is 0.276.